The lowest BCUT2D eigenvalue weighted by Gasteiger charge is -2.24. The highest BCUT2D eigenvalue weighted by molar-refractivity contribution is 5.77. The average molecular weight is 291 g/mol. The number of carbonyl (C=O) groups excluding carboxylic acids is 1. The number of aliphatic hydroxyl groups excluding tert-OH is 1. The van der Waals surface area contributed by atoms with Crippen molar-refractivity contribution in [3.05, 3.63) is 35.6 Å². The van der Waals surface area contributed by atoms with Gasteiger partial charge in [0, 0.05) is 13.1 Å². The highest BCUT2D eigenvalue weighted by Gasteiger charge is 2.41. The lowest BCUT2D eigenvalue weighted by atomic mass is 9.86. The molecule has 2 aliphatic rings. The van der Waals surface area contributed by atoms with Gasteiger partial charge in [0.15, 0.2) is 0 Å². The first-order valence-electron chi connectivity index (χ1n) is 7.79. The second-order valence-corrected chi connectivity index (χ2v) is 6.55. The largest absolute Gasteiger partial charge is 0.388 e. The predicted octanol–water partition coefficient (Wildman–Crippen LogP) is 3.04. The van der Waals surface area contributed by atoms with Gasteiger partial charge in [-0.25, -0.2) is 4.39 Å². The number of rotatable bonds is 3. The second-order valence-electron chi connectivity index (χ2n) is 6.55. The molecule has 1 aromatic carbocycles. The van der Waals surface area contributed by atoms with Crippen molar-refractivity contribution in [2.24, 2.45) is 5.41 Å². The Bertz CT molecular complexity index is 525. The molecule has 4 heteroatoms. The second kappa shape index (κ2) is 5.76. The SMILES string of the molecule is O=C(CC(O)c1cccc(F)c1)N1CCC2(CCCC2)C1. The Morgan fingerprint density at radius 3 is 2.81 bits per heavy atom. The minimum atomic E-state index is -0.923. The molecule has 1 aliphatic heterocycles. The number of benzene rings is 1. The van der Waals surface area contributed by atoms with E-state index in [1.807, 2.05) is 4.90 Å². The number of halogens is 1. The fourth-order valence-electron chi connectivity index (χ4n) is 3.81. The van der Waals surface area contributed by atoms with Crippen LogP contribution in [0.4, 0.5) is 4.39 Å². The van der Waals surface area contributed by atoms with Crippen LogP contribution in [0, 0.1) is 11.2 Å². The quantitative estimate of drug-likeness (QED) is 0.930. The van der Waals surface area contributed by atoms with Crippen LogP contribution in [-0.2, 0) is 4.79 Å². The van der Waals surface area contributed by atoms with Gasteiger partial charge in [0.2, 0.25) is 5.91 Å². The molecule has 1 N–H and O–H groups in total. The molecule has 3 rings (SSSR count). The van der Waals surface area contributed by atoms with Crippen LogP contribution < -0.4 is 0 Å². The summed E-state index contributed by atoms with van der Waals surface area (Å²) in [6, 6.07) is 5.84. The molecule has 1 saturated heterocycles. The molecule has 1 saturated carbocycles. The molecule has 1 spiro atoms. The number of nitrogens with zero attached hydrogens (tertiary/aromatic N) is 1. The predicted molar refractivity (Wildman–Crippen MR) is 78.1 cm³/mol. The number of carbonyl (C=O) groups is 1. The molecule has 1 heterocycles. The van der Waals surface area contributed by atoms with E-state index in [9.17, 15) is 14.3 Å². The Labute approximate surface area is 124 Å². The van der Waals surface area contributed by atoms with Crippen molar-refractivity contribution in [2.75, 3.05) is 13.1 Å². The molecule has 1 aliphatic carbocycles. The van der Waals surface area contributed by atoms with Crippen LogP contribution in [0.25, 0.3) is 0 Å². The summed E-state index contributed by atoms with van der Waals surface area (Å²) in [6.07, 6.45) is 5.20. The van der Waals surface area contributed by atoms with E-state index in [2.05, 4.69) is 0 Å². The van der Waals surface area contributed by atoms with E-state index < -0.39 is 6.10 Å². The van der Waals surface area contributed by atoms with E-state index in [1.54, 1.807) is 12.1 Å². The van der Waals surface area contributed by atoms with E-state index in [-0.39, 0.29) is 18.1 Å². The minimum Gasteiger partial charge on any atom is -0.388 e. The number of aliphatic hydroxyl groups is 1. The summed E-state index contributed by atoms with van der Waals surface area (Å²) in [7, 11) is 0. The first-order chi connectivity index (χ1) is 10.1. The normalized spacial score (nSPS) is 21.9. The summed E-state index contributed by atoms with van der Waals surface area (Å²) in [5, 5.41) is 10.1. The summed E-state index contributed by atoms with van der Waals surface area (Å²) in [5.41, 5.74) is 0.817. The molecule has 1 unspecified atom stereocenters. The third-order valence-corrected chi connectivity index (χ3v) is 5.06. The van der Waals surface area contributed by atoms with Gasteiger partial charge in [0.05, 0.1) is 12.5 Å². The molecule has 21 heavy (non-hydrogen) atoms. The molecule has 3 nitrogen and oxygen atoms in total. The summed E-state index contributed by atoms with van der Waals surface area (Å²) in [4.78, 5) is 14.2. The van der Waals surface area contributed by atoms with Crippen LogP contribution in [0.5, 0.6) is 0 Å². The van der Waals surface area contributed by atoms with Crippen molar-refractivity contribution >= 4 is 5.91 Å². The standard InChI is InChI=1S/C17H22FNO2/c18-14-5-3-4-13(10-14)15(20)11-16(21)19-9-8-17(12-19)6-1-2-7-17/h3-5,10,15,20H,1-2,6-9,11-12H2. The monoisotopic (exact) mass is 291 g/mol. The summed E-state index contributed by atoms with van der Waals surface area (Å²) in [5.74, 6) is -0.402. The Balaban J connectivity index is 1.59. The minimum absolute atomic E-state index is 0.0180. The van der Waals surface area contributed by atoms with Crippen LogP contribution in [0.1, 0.15) is 50.2 Å². The van der Waals surface area contributed by atoms with E-state index >= 15 is 0 Å². The molecule has 0 bridgehead atoms. The number of amides is 1. The van der Waals surface area contributed by atoms with Gasteiger partial charge in [-0.1, -0.05) is 25.0 Å². The number of hydrogen-bond donors (Lipinski definition) is 1. The fraction of sp³-hybridized carbons (Fsp3) is 0.588. The maximum absolute atomic E-state index is 13.2. The lowest BCUT2D eigenvalue weighted by molar-refractivity contribution is -0.132. The third-order valence-electron chi connectivity index (χ3n) is 5.06. The zero-order valence-corrected chi connectivity index (χ0v) is 12.2. The Hall–Kier alpha value is -1.42. The molecule has 2 fully saturated rings. The molecular formula is C17H22FNO2. The molecule has 1 aromatic rings. The number of hydrogen-bond acceptors (Lipinski definition) is 2. The first-order valence-corrected chi connectivity index (χ1v) is 7.79. The Morgan fingerprint density at radius 2 is 2.10 bits per heavy atom. The van der Waals surface area contributed by atoms with Gasteiger partial charge in [-0.15, -0.1) is 0 Å². The highest BCUT2D eigenvalue weighted by Crippen LogP contribution is 2.45. The third kappa shape index (κ3) is 3.10. The van der Waals surface area contributed by atoms with E-state index in [1.165, 1.54) is 37.8 Å². The number of likely N-dealkylation sites (tertiary alicyclic amines) is 1. The van der Waals surface area contributed by atoms with Gasteiger partial charge in [-0.3, -0.25) is 4.79 Å². The van der Waals surface area contributed by atoms with Crippen molar-refractivity contribution in [3.63, 3.8) is 0 Å². The molecule has 114 valence electrons. The Morgan fingerprint density at radius 1 is 1.33 bits per heavy atom. The van der Waals surface area contributed by atoms with Crippen LogP contribution in [0.2, 0.25) is 0 Å². The molecule has 1 amide bonds. The Kier molecular flexibility index (Phi) is 3.98. The fourth-order valence-corrected chi connectivity index (χ4v) is 3.81. The molecular weight excluding hydrogens is 269 g/mol. The molecule has 1 atom stereocenters. The van der Waals surface area contributed by atoms with Crippen molar-refractivity contribution in [2.45, 2.75) is 44.6 Å². The van der Waals surface area contributed by atoms with E-state index in [0.29, 0.717) is 11.0 Å². The lowest BCUT2D eigenvalue weighted by Crippen LogP contribution is -2.32. The maximum atomic E-state index is 13.2. The zero-order valence-electron chi connectivity index (χ0n) is 12.2. The first kappa shape index (κ1) is 14.5. The van der Waals surface area contributed by atoms with Crippen molar-refractivity contribution < 1.29 is 14.3 Å². The van der Waals surface area contributed by atoms with Gasteiger partial charge in [-0.05, 0) is 42.4 Å². The van der Waals surface area contributed by atoms with E-state index in [4.69, 9.17) is 0 Å². The molecule has 0 radical (unpaired) electrons. The van der Waals surface area contributed by atoms with Crippen LogP contribution in [0.3, 0.4) is 0 Å². The van der Waals surface area contributed by atoms with Crippen molar-refractivity contribution in [3.8, 4) is 0 Å². The van der Waals surface area contributed by atoms with E-state index in [0.717, 1.165) is 19.5 Å². The molecule has 0 aromatic heterocycles. The van der Waals surface area contributed by atoms with Gasteiger partial charge in [0.25, 0.3) is 0 Å². The zero-order chi connectivity index (χ0) is 14.9. The van der Waals surface area contributed by atoms with Gasteiger partial charge in [0.1, 0.15) is 5.82 Å². The summed E-state index contributed by atoms with van der Waals surface area (Å²) in [6.45, 7) is 1.64. The summed E-state index contributed by atoms with van der Waals surface area (Å²) >= 11 is 0. The maximum Gasteiger partial charge on any atom is 0.225 e. The van der Waals surface area contributed by atoms with Crippen molar-refractivity contribution in [1.29, 1.82) is 0 Å². The smallest absolute Gasteiger partial charge is 0.225 e. The highest BCUT2D eigenvalue weighted by atomic mass is 19.1. The average Bonchev–Trinajstić information content (AvgIpc) is 3.09. The van der Waals surface area contributed by atoms with Gasteiger partial charge < -0.3 is 10.0 Å². The summed E-state index contributed by atoms with van der Waals surface area (Å²) < 4.78 is 13.2. The van der Waals surface area contributed by atoms with Crippen LogP contribution in [-0.4, -0.2) is 29.0 Å². The van der Waals surface area contributed by atoms with Gasteiger partial charge in [-0.2, -0.15) is 0 Å². The topological polar surface area (TPSA) is 40.5 Å². The van der Waals surface area contributed by atoms with Crippen LogP contribution in [0.15, 0.2) is 24.3 Å². The van der Waals surface area contributed by atoms with Crippen molar-refractivity contribution in [1.82, 2.24) is 4.90 Å². The van der Waals surface area contributed by atoms with Crippen LogP contribution >= 0.6 is 0 Å². The van der Waals surface area contributed by atoms with Gasteiger partial charge >= 0.3 is 0 Å².